The second-order valence-corrected chi connectivity index (χ2v) is 9.01. The van der Waals surface area contributed by atoms with Gasteiger partial charge in [0.25, 0.3) is 0 Å². The Labute approximate surface area is 181 Å². The first kappa shape index (κ1) is 21.9. The van der Waals surface area contributed by atoms with E-state index in [0.29, 0.717) is 23.5 Å². The zero-order chi connectivity index (χ0) is 21.9. The molecule has 3 rings (SSSR count). The first-order valence-electron chi connectivity index (χ1n) is 10.1. The number of anilines is 1. The van der Waals surface area contributed by atoms with Crippen molar-refractivity contribution in [3.63, 3.8) is 0 Å². The van der Waals surface area contributed by atoms with E-state index in [1.165, 1.54) is 11.8 Å². The van der Waals surface area contributed by atoms with Crippen molar-refractivity contribution in [2.24, 2.45) is 27.8 Å². The number of aliphatic imine (C=N–C) groups is 1. The van der Waals surface area contributed by atoms with Gasteiger partial charge in [-0.2, -0.15) is 5.26 Å². The molecule has 8 heteroatoms. The number of allylic oxidation sites excluding steroid dienone is 1. The highest BCUT2D eigenvalue weighted by Crippen LogP contribution is 2.52. The van der Waals surface area contributed by atoms with Gasteiger partial charge in [0.05, 0.1) is 28.4 Å². The van der Waals surface area contributed by atoms with Gasteiger partial charge in [-0.25, -0.2) is 4.99 Å². The number of carbonyl (C=O) groups is 2. The lowest BCUT2D eigenvalue weighted by molar-refractivity contribution is -0.123. The van der Waals surface area contributed by atoms with Crippen molar-refractivity contribution in [2.75, 3.05) is 11.1 Å². The summed E-state index contributed by atoms with van der Waals surface area (Å²) in [6.07, 6.45) is 4.17. The number of thioether (sulfide) groups is 1. The highest BCUT2D eigenvalue weighted by molar-refractivity contribution is 8.14. The summed E-state index contributed by atoms with van der Waals surface area (Å²) in [7, 11) is 0. The predicted octanol–water partition coefficient (Wildman–Crippen LogP) is 3.13. The maximum absolute atomic E-state index is 12.5. The molecule has 158 valence electrons. The summed E-state index contributed by atoms with van der Waals surface area (Å²) >= 11 is 1.17. The van der Waals surface area contributed by atoms with Crippen LogP contribution in [0.5, 0.6) is 0 Å². The summed E-state index contributed by atoms with van der Waals surface area (Å²) in [5, 5.41) is 13.0. The van der Waals surface area contributed by atoms with Gasteiger partial charge >= 0.3 is 0 Å². The highest BCUT2D eigenvalue weighted by atomic mass is 32.2. The molecule has 1 aliphatic heterocycles. The van der Waals surface area contributed by atoms with E-state index in [1.54, 1.807) is 0 Å². The highest BCUT2D eigenvalue weighted by Gasteiger charge is 2.51. The van der Waals surface area contributed by atoms with Gasteiger partial charge in [-0.1, -0.05) is 37.1 Å². The van der Waals surface area contributed by atoms with Crippen LogP contribution < -0.4 is 16.8 Å². The topological polar surface area (TPSA) is 134 Å². The number of nitrogens with one attached hydrogen (secondary N) is 1. The molecule has 1 aliphatic carbocycles. The molecule has 2 aliphatic rings. The number of nitrogens with zero attached hydrogens (tertiary/aromatic N) is 2. The Morgan fingerprint density at radius 1 is 1.27 bits per heavy atom. The van der Waals surface area contributed by atoms with Crippen molar-refractivity contribution >= 4 is 34.3 Å². The van der Waals surface area contributed by atoms with E-state index in [4.69, 9.17) is 11.5 Å². The van der Waals surface area contributed by atoms with Crippen molar-refractivity contribution in [3.8, 4) is 6.07 Å². The Balaban J connectivity index is 1.80. The Morgan fingerprint density at radius 2 is 1.97 bits per heavy atom. The quantitative estimate of drug-likeness (QED) is 0.681. The molecule has 0 radical (unpaired) electrons. The van der Waals surface area contributed by atoms with Crippen LogP contribution in [0.15, 0.2) is 34.6 Å². The molecule has 30 heavy (non-hydrogen) atoms. The Hall–Kier alpha value is -2.79. The molecular weight excluding hydrogens is 398 g/mol. The minimum Gasteiger partial charge on any atom is -0.383 e. The second-order valence-electron chi connectivity index (χ2n) is 8.01. The Kier molecular flexibility index (Phi) is 6.52. The van der Waals surface area contributed by atoms with E-state index in [0.717, 1.165) is 36.1 Å². The van der Waals surface area contributed by atoms with E-state index < -0.39 is 17.2 Å². The van der Waals surface area contributed by atoms with E-state index in [1.807, 2.05) is 32.0 Å². The van der Waals surface area contributed by atoms with Crippen LogP contribution in [0.1, 0.15) is 43.2 Å². The minimum absolute atomic E-state index is 0.0702. The van der Waals surface area contributed by atoms with Gasteiger partial charge in [-0.05, 0) is 49.9 Å². The van der Waals surface area contributed by atoms with Crippen LogP contribution in [-0.4, -0.2) is 22.6 Å². The van der Waals surface area contributed by atoms with E-state index >= 15 is 0 Å². The van der Waals surface area contributed by atoms with Gasteiger partial charge in [0.15, 0.2) is 0 Å². The van der Waals surface area contributed by atoms with Crippen molar-refractivity contribution < 1.29 is 9.59 Å². The normalized spacial score (nSPS) is 20.4. The fraction of sp³-hybridized carbons (Fsp3) is 0.455. The van der Waals surface area contributed by atoms with Crippen LogP contribution >= 0.6 is 11.8 Å². The Morgan fingerprint density at radius 3 is 2.57 bits per heavy atom. The van der Waals surface area contributed by atoms with Gasteiger partial charge in [0, 0.05) is 11.1 Å². The number of aryl methyl sites for hydroxylation is 2. The molecule has 1 saturated carbocycles. The molecule has 0 aromatic heterocycles. The third-order valence-corrected chi connectivity index (χ3v) is 7.10. The number of rotatable bonds is 4. The van der Waals surface area contributed by atoms with Gasteiger partial charge in [0.2, 0.25) is 11.8 Å². The van der Waals surface area contributed by atoms with Crippen molar-refractivity contribution in [2.45, 2.75) is 46.0 Å². The lowest BCUT2D eigenvalue weighted by Crippen LogP contribution is -2.48. The van der Waals surface area contributed by atoms with E-state index in [2.05, 4.69) is 16.4 Å². The summed E-state index contributed by atoms with van der Waals surface area (Å²) in [6, 6.07) is 7.90. The number of hydrogen-bond donors (Lipinski definition) is 3. The molecule has 1 aromatic carbocycles. The van der Waals surface area contributed by atoms with Crippen LogP contribution in [0.3, 0.4) is 0 Å². The Bertz CT molecular complexity index is 970. The zero-order valence-corrected chi connectivity index (χ0v) is 18.1. The number of carbonyl (C=O) groups excluding carboxylic acids is 2. The van der Waals surface area contributed by atoms with Crippen LogP contribution in [0.2, 0.25) is 0 Å². The van der Waals surface area contributed by atoms with Gasteiger partial charge in [0.1, 0.15) is 5.82 Å². The molecule has 1 heterocycles. The molecule has 1 spiro atoms. The van der Waals surface area contributed by atoms with Crippen molar-refractivity contribution in [3.05, 3.63) is 40.7 Å². The van der Waals surface area contributed by atoms with Gasteiger partial charge in [-0.3, -0.25) is 9.59 Å². The molecule has 1 aromatic rings. The summed E-state index contributed by atoms with van der Waals surface area (Å²) in [4.78, 5) is 29.3. The van der Waals surface area contributed by atoms with Gasteiger partial charge < -0.3 is 16.8 Å². The number of nitriles is 1. The maximum Gasteiger partial charge on any atom is 0.234 e. The summed E-state index contributed by atoms with van der Waals surface area (Å²) < 4.78 is 0. The fourth-order valence-electron chi connectivity index (χ4n) is 4.43. The van der Waals surface area contributed by atoms with Gasteiger partial charge in [-0.15, -0.1) is 0 Å². The van der Waals surface area contributed by atoms with Crippen LogP contribution in [-0.2, 0) is 9.59 Å². The molecule has 0 saturated heterocycles. The van der Waals surface area contributed by atoms with E-state index in [-0.39, 0.29) is 17.5 Å². The smallest absolute Gasteiger partial charge is 0.234 e. The number of primary amides is 1. The van der Waals surface area contributed by atoms with Crippen LogP contribution in [0.25, 0.3) is 0 Å². The average Bonchev–Trinajstić information content (AvgIpc) is 2.69. The minimum atomic E-state index is -0.737. The first-order chi connectivity index (χ1) is 14.3. The average molecular weight is 426 g/mol. The van der Waals surface area contributed by atoms with E-state index in [9.17, 15) is 14.9 Å². The maximum atomic E-state index is 12.5. The van der Waals surface area contributed by atoms with Crippen molar-refractivity contribution in [1.82, 2.24) is 0 Å². The predicted molar refractivity (Wildman–Crippen MR) is 119 cm³/mol. The lowest BCUT2D eigenvalue weighted by atomic mass is 9.61. The third kappa shape index (κ3) is 4.21. The molecule has 7 nitrogen and oxygen atoms in total. The molecule has 1 unspecified atom stereocenters. The zero-order valence-electron chi connectivity index (χ0n) is 17.3. The summed E-state index contributed by atoms with van der Waals surface area (Å²) in [5.41, 5.74) is 14.5. The van der Waals surface area contributed by atoms with Crippen LogP contribution in [0.4, 0.5) is 5.69 Å². The van der Waals surface area contributed by atoms with Crippen molar-refractivity contribution in [1.29, 1.82) is 5.26 Å². The lowest BCUT2D eigenvalue weighted by Gasteiger charge is -2.44. The molecular formula is C22H27N5O2S. The van der Waals surface area contributed by atoms with Crippen LogP contribution in [0, 0.1) is 36.5 Å². The monoisotopic (exact) mass is 425 g/mol. The largest absolute Gasteiger partial charge is 0.383 e. The SMILES string of the molecule is Cc1ccc(NC(=O)CSC2=NC(N)=C(C#N)C3(CCCCC3)C2C(N)=O)cc1C. The first-order valence-corrected chi connectivity index (χ1v) is 11.0. The standard InChI is InChI=1S/C22H27N5O2S/c1-13-6-7-15(10-14(13)2)26-17(28)12-30-21-18(20(25)29)22(8-4-3-5-9-22)16(11-23)19(24)27-21/h6-7,10,18H,3-5,8-9,12,24H2,1-2H3,(H2,25,29)(H,26,28). The summed E-state index contributed by atoms with van der Waals surface area (Å²) in [5.74, 6) is -1.27. The number of hydrogen-bond acceptors (Lipinski definition) is 6. The molecule has 1 atom stereocenters. The number of amides is 2. The third-order valence-electron chi connectivity index (χ3n) is 6.07. The molecule has 0 bridgehead atoms. The summed E-state index contributed by atoms with van der Waals surface area (Å²) in [6.45, 7) is 4.00. The number of nitrogens with two attached hydrogens (primary N) is 2. The number of benzene rings is 1. The molecule has 2 amide bonds. The second kappa shape index (κ2) is 8.92. The molecule has 1 fully saturated rings. The fourth-order valence-corrected chi connectivity index (χ4v) is 5.45. The molecule has 5 N–H and O–H groups in total.